The highest BCUT2D eigenvalue weighted by Gasteiger charge is 2.36. The van der Waals surface area contributed by atoms with Crippen molar-refractivity contribution in [1.82, 2.24) is 9.13 Å². The SMILES string of the molecule is C=C(C)C(C)(F)c1cc(OC2=Nc3c(c(=O)n(C)c(=O)n3CC)CC2Cc2ccc(Cl)cc2)cc(C(F)(F)F)c1. The average Bonchev–Trinajstić information content (AvgIpc) is 2.89. The predicted octanol–water partition coefficient (Wildman–Crippen LogP) is 6.52. The minimum Gasteiger partial charge on any atom is -0.443 e. The molecule has 0 fully saturated rings. The Balaban J connectivity index is 1.89. The van der Waals surface area contributed by atoms with Crippen molar-refractivity contribution in [2.24, 2.45) is 18.0 Å². The van der Waals surface area contributed by atoms with E-state index in [1.807, 2.05) is 0 Å². The minimum absolute atomic E-state index is 0.00142. The van der Waals surface area contributed by atoms with E-state index in [0.29, 0.717) is 17.0 Å². The molecule has 0 aliphatic carbocycles. The molecule has 212 valence electrons. The van der Waals surface area contributed by atoms with Crippen molar-refractivity contribution in [3.05, 3.63) is 103 Å². The number of rotatable bonds is 6. The fraction of sp³-hybridized carbons (Fsp3) is 0.345. The molecular weight excluding hydrogens is 550 g/mol. The first-order chi connectivity index (χ1) is 18.6. The van der Waals surface area contributed by atoms with E-state index in [-0.39, 0.29) is 41.6 Å². The van der Waals surface area contributed by atoms with Crippen molar-refractivity contribution in [2.75, 3.05) is 0 Å². The van der Waals surface area contributed by atoms with Gasteiger partial charge in [-0.25, -0.2) is 9.18 Å². The Morgan fingerprint density at radius 1 is 1.12 bits per heavy atom. The summed E-state index contributed by atoms with van der Waals surface area (Å²) in [6, 6.07) is 9.62. The van der Waals surface area contributed by atoms with Crippen LogP contribution in [0.1, 0.15) is 43.0 Å². The molecular formula is C29H28ClF4N3O3. The normalized spacial score (nSPS) is 16.6. The highest BCUT2D eigenvalue weighted by Crippen LogP contribution is 2.40. The second kappa shape index (κ2) is 10.7. The lowest BCUT2D eigenvalue weighted by Gasteiger charge is -2.27. The van der Waals surface area contributed by atoms with Gasteiger partial charge in [0, 0.05) is 24.5 Å². The van der Waals surface area contributed by atoms with Gasteiger partial charge in [0.05, 0.1) is 11.1 Å². The van der Waals surface area contributed by atoms with E-state index in [9.17, 15) is 22.8 Å². The number of aromatic nitrogens is 2. The Hall–Kier alpha value is -3.66. The van der Waals surface area contributed by atoms with Gasteiger partial charge >= 0.3 is 11.9 Å². The number of benzene rings is 2. The Bertz CT molecular complexity index is 1620. The van der Waals surface area contributed by atoms with Crippen molar-refractivity contribution < 1.29 is 22.3 Å². The molecule has 0 N–H and O–H groups in total. The van der Waals surface area contributed by atoms with Gasteiger partial charge in [-0.15, -0.1) is 0 Å². The van der Waals surface area contributed by atoms with Crippen LogP contribution in [0.25, 0.3) is 0 Å². The van der Waals surface area contributed by atoms with Crippen LogP contribution in [0.5, 0.6) is 5.75 Å². The second-order valence-electron chi connectivity index (χ2n) is 10.0. The van der Waals surface area contributed by atoms with E-state index in [2.05, 4.69) is 11.6 Å². The smallest absolute Gasteiger partial charge is 0.416 e. The number of allylic oxidation sites excluding steroid dienone is 1. The third-order valence-electron chi connectivity index (χ3n) is 7.13. The topological polar surface area (TPSA) is 65.6 Å². The van der Waals surface area contributed by atoms with Crippen LogP contribution in [0.2, 0.25) is 5.02 Å². The number of hydrogen-bond donors (Lipinski definition) is 0. The molecule has 1 aliphatic rings. The molecule has 2 aromatic carbocycles. The third kappa shape index (κ3) is 5.63. The van der Waals surface area contributed by atoms with Gasteiger partial charge < -0.3 is 4.74 Å². The number of nitrogens with zero attached hydrogens (tertiary/aromatic N) is 3. The zero-order valence-electron chi connectivity index (χ0n) is 22.4. The Kier molecular flexibility index (Phi) is 7.86. The van der Waals surface area contributed by atoms with E-state index < -0.39 is 34.6 Å². The van der Waals surface area contributed by atoms with Gasteiger partial charge in [-0.1, -0.05) is 30.3 Å². The van der Waals surface area contributed by atoms with E-state index in [1.165, 1.54) is 24.6 Å². The molecule has 6 nitrogen and oxygen atoms in total. The molecule has 1 aromatic heterocycles. The average molecular weight is 578 g/mol. The summed E-state index contributed by atoms with van der Waals surface area (Å²) in [7, 11) is 1.38. The van der Waals surface area contributed by atoms with Crippen molar-refractivity contribution >= 4 is 23.3 Å². The van der Waals surface area contributed by atoms with E-state index >= 15 is 4.39 Å². The van der Waals surface area contributed by atoms with Crippen LogP contribution in [-0.4, -0.2) is 15.0 Å². The molecule has 40 heavy (non-hydrogen) atoms. The number of aliphatic imine (C=N–C) groups is 1. The number of hydrogen-bond acceptors (Lipinski definition) is 4. The molecule has 2 unspecified atom stereocenters. The monoisotopic (exact) mass is 577 g/mol. The molecule has 0 saturated carbocycles. The lowest BCUT2D eigenvalue weighted by atomic mass is 9.89. The second-order valence-corrected chi connectivity index (χ2v) is 10.4. The first-order valence-corrected chi connectivity index (χ1v) is 12.9. The first-order valence-electron chi connectivity index (χ1n) is 12.5. The number of alkyl halides is 4. The fourth-order valence-corrected chi connectivity index (χ4v) is 4.70. The summed E-state index contributed by atoms with van der Waals surface area (Å²) in [6.07, 6.45) is -4.36. The van der Waals surface area contributed by atoms with E-state index in [0.717, 1.165) is 29.2 Å². The molecule has 3 aromatic rings. The number of halogens is 5. The number of ether oxygens (including phenoxy) is 1. The molecule has 2 heterocycles. The lowest BCUT2D eigenvalue weighted by Crippen LogP contribution is -2.42. The first kappa shape index (κ1) is 29.3. The quantitative estimate of drug-likeness (QED) is 0.247. The summed E-state index contributed by atoms with van der Waals surface area (Å²) in [5.74, 6) is -0.784. The summed E-state index contributed by atoms with van der Waals surface area (Å²) in [5, 5.41) is 0.520. The summed E-state index contributed by atoms with van der Waals surface area (Å²) >= 11 is 6.02. The van der Waals surface area contributed by atoms with Gasteiger partial charge in [0.1, 0.15) is 11.6 Å². The van der Waals surface area contributed by atoms with Gasteiger partial charge in [-0.05, 0) is 80.6 Å². The molecule has 1 aliphatic heterocycles. The fourth-order valence-electron chi connectivity index (χ4n) is 4.57. The maximum atomic E-state index is 15.5. The van der Waals surface area contributed by atoms with Gasteiger partial charge in [-0.3, -0.25) is 13.9 Å². The molecule has 0 radical (unpaired) electrons. The third-order valence-corrected chi connectivity index (χ3v) is 7.39. The summed E-state index contributed by atoms with van der Waals surface area (Å²) in [6.45, 7) is 7.99. The van der Waals surface area contributed by atoms with Crippen molar-refractivity contribution in [3.63, 3.8) is 0 Å². The van der Waals surface area contributed by atoms with Crippen molar-refractivity contribution in [2.45, 2.75) is 52.0 Å². The van der Waals surface area contributed by atoms with E-state index in [1.54, 1.807) is 31.2 Å². The Morgan fingerprint density at radius 2 is 1.75 bits per heavy atom. The van der Waals surface area contributed by atoms with Crippen LogP contribution in [0.15, 0.2) is 69.2 Å². The number of fused-ring (bicyclic) bond motifs is 1. The maximum Gasteiger partial charge on any atom is 0.416 e. The molecule has 0 spiro atoms. The minimum atomic E-state index is -4.78. The van der Waals surface area contributed by atoms with Gasteiger partial charge in [0.15, 0.2) is 11.6 Å². The zero-order chi connectivity index (χ0) is 29.6. The summed E-state index contributed by atoms with van der Waals surface area (Å²) in [4.78, 5) is 30.3. The maximum absolute atomic E-state index is 15.5. The molecule has 4 rings (SSSR count). The standard InChI is InChI=1S/C29H28ClF4N3O3/c1-6-37-24-23(26(38)36(5)27(37)39)12-18(11-17-7-9-21(30)10-8-17)25(35-24)40-22-14-19(28(4,31)16(2)3)13-20(15-22)29(32,33)34/h7-10,13-15,18H,2,6,11-12H2,1,3-5H3. The van der Waals surface area contributed by atoms with Crippen LogP contribution in [0, 0.1) is 5.92 Å². The zero-order valence-corrected chi connectivity index (χ0v) is 23.2. The largest absolute Gasteiger partial charge is 0.443 e. The molecule has 0 bridgehead atoms. The van der Waals surface area contributed by atoms with Crippen LogP contribution < -0.4 is 16.0 Å². The molecule has 0 amide bonds. The van der Waals surface area contributed by atoms with Gasteiger partial charge in [0.25, 0.3) is 5.56 Å². The van der Waals surface area contributed by atoms with Crippen molar-refractivity contribution in [3.8, 4) is 5.75 Å². The highest BCUT2D eigenvalue weighted by atomic mass is 35.5. The van der Waals surface area contributed by atoms with Crippen LogP contribution >= 0.6 is 11.6 Å². The molecule has 2 atom stereocenters. The molecule has 11 heteroatoms. The van der Waals surface area contributed by atoms with Crippen LogP contribution in [0.3, 0.4) is 0 Å². The Morgan fingerprint density at radius 3 is 2.33 bits per heavy atom. The predicted molar refractivity (Wildman–Crippen MR) is 146 cm³/mol. The highest BCUT2D eigenvalue weighted by molar-refractivity contribution is 6.30. The van der Waals surface area contributed by atoms with Crippen LogP contribution in [-0.2, 0) is 38.3 Å². The van der Waals surface area contributed by atoms with Crippen LogP contribution in [0.4, 0.5) is 23.4 Å². The Labute approximate surface area is 233 Å². The summed E-state index contributed by atoms with van der Waals surface area (Å²) in [5.41, 5.74) is -3.61. The van der Waals surface area contributed by atoms with Gasteiger partial charge in [-0.2, -0.15) is 18.2 Å². The van der Waals surface area contributed by atoms with Crippen molar-refractivity contribution in [1.29, 1.82) is 0 Å². The van der Waals surface area contributed by atoms with E-state index in [4.69, 9.17) is 16.3 Å². The van der Waals surface area contributed by atoms with Gasteiger partial charge in [0.2, 0.25) is 0 Å². The lowest BCUT2D eigenvalue weighted by molar-refractivity contribution is -0.137. The summed E-state index contributed by atoms with van der Waals surface area (Å²) < 4.78 is 65.2. The molecule has 0 saturated heterocycles.